The number of carbonyl (C=O) groups is 1. The molecule has 0 bridgehead atoms. The molecule has 0 spiro atoms. The van der Waals surface area contributed by atoms with Crippen molar-refractivity contribution in [3.05, 3.63) is 64.2 Å². The maximum absolute atomic E-state index is 12.5. The summed E-state index contributed by atoms with van der Waals surface area (Å²) in [6.45, 7) is 1.93. The molecule has 0 amide bonds. The monoisotopic (exact) mass is 259 g/mol. The van der Waals surface area contributed by atoms with Gasteiger partial charge in [-0.2, -0.15) is 0 Å². The van der Waals surface area contributed by atoms with Gasteiger partial charge in [-0.3, -0.25) is 4.79 Å². The second-order valence-electron chi connectivity index (χ2n) is 4.08. The van der Waals surface area contributed by atoms with Crippen molar-refractivity contribution < 1.29 is 4.79 Å². The number of nitrogens with one attached hydrogen (secondary N) is 1. The van der Waals surface area contributed by atoms with Crippen molar-refractivity contribution in [2.75, 3.05) is 12.4 Å². The maximum atomic E-state index is 12.5. The minimum absolute atomic E-state index is 0.0139. The van der Waals surface area contributed by atoms with Crippen molar-refractivity contribution in [1.82, 2.24) is 0 Å². The molecule has 0 aromatic heterocycles. The number of ketones is 1. The van der Waals surface area contributed by atoms with E-state index in [1.807, 2.05) is 37.3 Å². The Morgan fingerprint density at radius 3 is 2.50 bits per heavy atom. The molecule has 0 heterocycles. The van der Waals surface area contributed by atoms with Crippen molar-refractivity contribution in [1.29, 1.82) is 0 Å². The quantitative estimate of drug-likeness (QED) is 0.847. The Morgan fingerprint density at radius 1 is 1.11 bits per heavy atom. The van der Waals surface area contributed by atoms with E-state index in [1.54, 1.807) is 19.2 Å². The topological polar surface area (TPSA) is 29.1 Å². The van der Waals surface area contributed by atoms with Crippen molar-refractivity contribution >= 4 is 23.1 Å². The highest BCUT2D eigenvalue weighted by Crippen LogP contribution is 2.24. The molecule has 0 aliphatic rings. The summed E-state index contributed by atoms with van der Waals surface area (Å²) < 4.78 is 0. The molecule has 2 rings (SSSR count). The van der Waals surface area contributed by atoms with E-state index in [1.165, 1.54) is 0 Å². The van der Waals surface area contributed by atoms with Gasteiger partial charge in [0.1, 0.15) is 0 Å². The van der Waals surface area contributed by atoms with Gasteiger partial charge in [-0.05, 0) is 30.7 Å². The van der Waals surface area contributed by atoms with Gasteiger partial charge in [-0.1, -0.05) is 35.9 Å². The number of carbonyl (C=O) groups excluding carboxylic acids is 1. The van der Waals surface area contributed by atoms with Crippen LogP contribution in [0, 0.1) is 6.92 Å². The van der Waals surface area contributed by atoms with Gasteiger partial charge in [0.2, 0.25) is 0 Å². The van der Waals surface area contributed by atoms with Gasteiger partial charge in [0.15, 0.2) is 5.78 Å². The maximum Gasteiger partial charge on any atom is 0.195 e. The smallest absolute Gasteiger partial charge is 0.195 e. The predicted molar refractivity (Wildman–Crippen MR) is 75.6 cm³/mol. The lowest BCUT2D eigenvalue weighted by atomic mass is 9.98. The Balaban J connectivity index is 2.52. The van der Waals surface area contributed by atoms with Crippen LogP contribution in [-0.2, 0) is 0 Å². The average molecular weight is 260 g/mol. The normalized spacial score (nSPS) is 10.2. The molecule has 0 saturated heterocycles. The Labute approximate surface area is 112 Å². The Kier molecular flexibility index (Phi) is 3.68. The molecule has 2 nitrogen and oxygen atoms in total. The van der Waals surface area contributed by atoms with Crippen LogP contribution in [0.15, 0.2) is 42.5 Å². The van der Waals surface area contributed by atoms with Crippen LogP contribution in [0.25, 0.3) is 0 Å². The van der Waals surface area contributed by atoms with Gasteiger partial charge in [-0.25, -0.2) is 0 Å². The lowest BCUT2D eigenvalue weighted by Gasteiger charge is -2.10. The molecule has 0 aliphatic carbocycles. The molecule has 18 heavy (non-hydrogen) atoms. The lowest BCUT2D eigenvalue weighted by Crippen LogP contribution is -2.07. The summed E-state index contributed by atoms with van der Waals surface area (Å²) in [4.78, 5) is 12.5. The number of rotatable bonds is 3. The van der Waals surface area contributed by atoms with Gasteiger partial charge >= 0.3 is 0 Å². The number of anilines is 1. The van der Waals surface area contributed by atoms with Crippen LogP contribution in [0.2, 0.25) is 5.02 Å². The van der Waals surface area contributed by atoms with Gasteiger partial charge in [0, 0.05) is 28.9 Å². The zero-order chi connectivity index (χ0) is 13.1. The van der Waals surface area contributed by atoms with Crippen molar-refractivity contribution in [2.45, 2.75) is 6.92 Å². The molecule has 0 unspecified atom stereocenters. The zero-order valence-corrected chi connectivity index (χ0v) is 11.1. The molecule has 0 aliphatic heterocycles. The second kappa shape index (κ2) is 5.23. The fourth-order valence-corrected chi connectivity index (χ4v) is 2.07. The summed E-state index contributed by atoms with van der Waals surface area (Å²) >= 11 is 5.97. The van der Waals surface area contributed by atoms with E-state index in [-0.39, 0.29) is 5.78 Å². The average Bonchev–Trinajstić information content (AvgIpc) is 2.38. The number of hydrogen-bond donors (Lipinski definition) is 1. The van der Waals surface area contributed by atoms with E-state index >= 15 is 0 Å². The summed E-state index contributed by atoms with van der Waals surface area (Å²) in [5.41, 5.74) is 3.05. The zero-order valence-electron chi connectivity index (χ0n) is 10.3. The standard InChI is InChI=1S/C15H14ClNO/c1-10-5-3-4-6-12(10)15(18)13-9-11(16)7-8-14(13)17-2/h3-9,17H,1-2H3. The first kappa shape index (κ1) is 12.7. The predicted octanol–water partition coefficient (Wildman–Crippen LogP) is 3.92. The molecule has 2 aromatic rings. The highest BCUT2D eigenvalue weighted by Gasteiger charge is 2.15. The molecular weight excluding hydrogens is 246 g/mol. The summed E-state index contributed by atoms with van der Waals surface area (Å²) in [5.74, 6) is -0.0139. The SMILES string of the molecule is CNc1ccc(Cl)cc1C(=O)c1ccccc1C. The van der Waals surface area contributed by atoms with Crippen molar-refractivity contribution in [3.63, 3.8) is 0 Å². The minimum Gasteiger partial charge on any atom is -0.388 e. The van der Waals surface area contributed by atoms with E-state index in [0.717, 1.165) is 11.3 Å². The number of halogens is 1. The van der Waals surface area contributed by atoms with Crippen LogP contribution in [0.1, 0.15) is 21.5 Å². The number of hydrogen-bond acceptors (Lipinski definition) is 2. The van der Waals surface area contributed by atoms with E-state index in [2.05, 4.69) is 5.32 Å². The molecule has 2 aromatic carbocycles. The molecule has 0 saturated carbocycles. The van der Waals surface area contributed by atoms with Crippen LogP contribution in [0.4, 0.5) is 5.69 Å². The summed E-state index contributed by atoms with van der Waals surface area (Å²) in [7, 11) is 1.79. The molecule has 1 N–H and O–H groups in total. The number of benzene rings is 2. The Morgan fingerprint density at radius 2 is 1.83 bits per heavy atom. The van der Waals surface area contributed by atoms with Crippen LogP contribution in [0.3, 0.4) is 0 Å². The summed E-state index contributed by atoms with van der Waals surface area (Å²) in [6.07, 6.45) is 0. The minimum atomic E-state index is -0.0139. The summed E-state index contributed by atoms with van der Waals surface area (Å²) in [6, 6.07) is 12.8. The highest BCUT2D eigenvalue weighted by molar-refractivity contribution is 6.31. The fraction of sp³-hybridized carbons (Fsp3) is 0.133. The molecular formula is C15H14ClNO. The first-order valence-corrected chi connectivity index (χ1v) is 6.09. The molecule has 0 radical (unpaired) electrons. The largest absolute Gasteiger partial charge is 0.388 e. The first-order valence-electron chi connectivity index (χ1n) is 5.71. The lowest BCUT2D eigenvalue weighted by molar-refractivity contribution is 0.103. The third kappa shape index (κ3) is 2.39. The molecule has 0 fully saturated rings. The van der Waals surface area contributed by atoms with Gasteiger partial charge in [0.25, 0.3) is 0 Å². The molecule has 92 valence electrons. The van der Waals surface area contributed by atoms with E-state index in [0.29, 0.717) is 16.1 Å². The third-order valence-electron chi connectivity index (χ3n) is 2.89. The molecule has 0 atom stereocenters. The van der Waals surface area contributed by atoms with Crippen LogP contribution in [-0.4, -0.2) is 12.8 Å². The molecule has 3 heteroatoms. The van der Waals surface area contributed by atoms with Crippen LogP contribution < -0.4 is 5.32 Å². The third-order valence-corrected chi connectivity index (χ3v) is 3.12. The van der Waals surface area contributed by atoms with Crippen LogP contribution in [0.5, 0.6) is 0 Å². The Bertz CT molecular complexity index is 593. The first-order chi connectivity index (χ1) is 8.63. The second-order valence-corrected chi connectivity index (χ2v) is 4.52. The van der Waals surface area contributed by atoms with Gasteiger partial charge in [0.05, 0.1) is 0 Å². The number of aryl methyl sites for hydroxylation is 1. The Hall–Kier alpha value is -1.80. The van der Waals surface area contributed by atoms with E-state index in [9.17, 15) is 4.79 Å². The van der Waals surface area contributed by atoms with E-state index < -0.39 is 0 Å². The fourth-order valence-electron chi connectivity index (χ4n) is 1.90. The van der Waals surface area contributed by atoms with E-state index in [4.69, 9.17) is 11.6 Å². The van der Waals surface area contributed by atoms with Gasteiger partial charge < -0.3 is 5.32 Å². The van der Waals surface area contributed by atoms with Crippen molar-refractivity contribution in [2.24, 2.45) is 0 Å². The van der Waals surface area contributed by atoms with Crippen molar-refractivity contribution in [3.8, 4) is 0 Å². The highest BCUT2D eigenvalue weighted by atomic mass is 35.5. The van der Waals surface area contributed by atoms with Crippen LogP contribution >= 0.6 is 11.6 Å². The summed E-state index contributed by atoms with van der Waals surface area (Å²) in [5, 5.41) is 3.57. The van der Waals surface area contributed by atoms with Gasteiger partial charge in [-0.15, -0.1) is 0 Å².